The Hall–Kier alpha value is -1.99. The second-order valence-corrected chi connectivity index (χ2v) is 6.74. The van der Waals surface area contributed by atoms with Gasteiger partial charge in [-0.2, -0.15) is 4.98 Å². The molecule has 0 aliphatic rings. The standard InChI is InChI=1S/C15H15N3O2S2/c1-10-6-8-22-12(10)9-16-13(19)4-5-14-17-15(18-20-14)11-3-2-7-21-11/h2-3,6-8H,4-5,9H2,1H3,(H,16,19). The fourth-order valence-corrected chi connectivity index (χ4v) is 3.43. The van der Waals surface area contributed by atoms with Crippen LogP contribution in [0.4, 0.5) is 0 Å². The molecule has 0 bridgehead atoms. The summed E-state index contributed by atoms with van der Waals surface area (Å²) < 4.78 is 5.18. The number of carbonyl (C=O) groups is 1. The number of rotatable bonds is 6. The molecule has 0 fully saturated rings. The maximum atomic E-state index is 11.9. The van der Waals surface area contributed by atoms with Crippen LogP contribution in [0.1, 0.15) is 22.8 Å². The van der Waals surface area contributed by atoms with Crippen LogP contribution >= 0.6 is 22.7 Å². The number of amides is 1. The van der Waals surface area contributed by atoms with Crippen molar-refractivity contribution in [3.8, 4) is 10.7 Å². The highest BCUT2D eigenvalue weighted by Gasteiger charge is 2.11. The summed E-state index contributed by atoms with van der Waals surface area (Å²) in [6.45, 7) is 2.62. The second kappa shape index (κ2) is 6.85. The molecule has 3 rings (SSSR count). The molecule has 3 aromatic rings. The molecule has 114 valence electrons. The van der Waals surface area contributed by atoms with Crippen LogP contribution < -0.4 is 5.32 Å². The summed E-state index contributed by atoms with van der Waals surface area (Å²) in [4.78, 5) is 18.3. The maximum absolute atomic E-state index is 11.9. The zero-order chi connectivity index (χ0) is 15.4. The van der Waals surface area contributed by atoms with E-state index in [9.17, 15) is 4.79 Å². The first kappa shape index (κ1) is 14.9. The maximum Gasteiger partial charge on any atom is 0.227 e. The van der Waals surface area contributed by atoms with Gasteiger partial charge in [-0.1, -0.05) is 11.2 Å². The van der Waals surface area contributed by atoms with E-state index in [0.29, 0.717) is 31.1 Å². The number of hydrogen-bond acceptors (Lipinski definition) is 6. The molecule has 0 aromatic carbocycles. The summed E-state index contributed by atoms with van der Waals surface area (Å²) in [7, 11) is 0. The Morgan fingerprint density at radius 1 is 1.32 bits per heavy atom. The molecule has 0 unspecified atom stereocenters. The van der Waals surface area contributed by atoms with Crippen LogP contribution in [0.15, 0.2) is 33.5 Å². The van der Waals surface area contributed by atoms with Crippen molar-refractivity contribution in [3.63, 3.8) is 0 Å². The SMILES string of the molecule is Cc1ccsc1CNC(=O)CCc1nc(-c2cccs2)no1. The van der Waals surface area contributed by atoms with E-state index in [2.05, 4.69) is 21.5 Å². The van der Waals surface area contributed by atoms with E-state index in [4.69, 9.17) is 4.52 Å². The topological polar surface area (TPSA) is 68.0 Å². The average Bonchev–Trinajstić information content (AvgIpc) is 3.24. The van der Waals surface area contributed by atoms with Gasteiger partial charge >= 0.3 is 0 Å². The third-order valence-electron chi connectivity index (χ3n) is 3.19. The monoisotopic (exact) mass is 333 g/mol. The van der Waals surface area contributed by atoms with Crippen molar-refractivity contribution >= 4 is 28.6 Å². The van der Waals surface area contributed by atoms with Gasteiger partial charge in [0.2, 0.25) is 17.6 Å². The van der Waals surface area contributed by atoms with Crippen LogP contribution in [0.2, 0.25) is 0 Å². The summed E-state index contributed by atoms with van der Waals surface area (Å²) in [6, 6.07) is 5.93. The number of hydrogen-bond donors (Lipinski definition) is 1. The lowest BCUT2D eigenvalue weighted by Crippen LogP contribution is -2.22. The first-order valence-electron chi connectivity index (χ1n) is 6.88. The zero-order valence-corrected chi connectivity index (χ0v) is 13.7. The zero-order valence-electron chi connectivity index (χ0n) is 12.0. The largest absolute Gasteiger partial charge is 0.351 e. The Morgan fingerprint density at radius 2 is 2.23 bits per heavy atom. The molecule has 0 atom stereocenters. The van der Waals surface area contributed by atoms with E-state index in [0.717, 1.165) is 4.88 Å². The predicted octanol–water partition coefficient (Wildman–Crippen LogP) is 3.42. The number of carbonyl (C=O) groups excluding carboxylic acids is 1. The van der Waals surface area contributed by atoms with Crippen molar-refractivity contribution in [2.75, 3.05) is 0 Å². The van der Waals surface area contributed by atoms with Crippen LogP contribution in [0, 0.1) is 6.92 Å². The minimum absolute atomic E-state index is 0.0105. The number of thiophene rings is 2. The van der Waals surface area contributed by atoms with Gasteiger partial charge in [-0.25, -0.2) is 0 Å². The van der Waals surface area contributed by atoms with E-state index >= 15 is 0 Å². The molecule has 5 nitrogen and oxygen atoms in total. The molecule has 0 aliphatic carbocycles. The molecule has 0 radical (unpaired) electrons. The molecule has 22 heavy (non-hydrogen) atoms. The van der Waals surface area contributed by atoms with Crippen LogP contribution in [0.5, 0.6) is 0 Å². The summed E-state index contributed by atoms with van der Waals surface area (Å²) in [6.07, 6.45) is 0.796. The van der Waals surface area contributed by atoms with Crippen LogP contribution in [0.25, 0.3) is 10.7 Å². The summed E-state index contributed by atoms with van der Waals surface area (Å²) in [5.41, 5.74) is 1.21. The van der Waals surface area contributed by atoms with Gasteiger partial charge in [-0.05, 0) is 35.4 Å². The van der Waals surface area contributed by atoms with Crippen LogP contribution in [-0.2, 0) is 17.8 Å². The molecule has 1 amide bonds. The van der Waals surface area contributed by atoms with Crippen molar-refractivity contribution in [3.05, 3.63) is 45.3 Å². The highest BCUT2D eigenvalue weighted by Crippen LogP contribution is 2.21. The summed E-state index contributed by atoms with van der Waals surface area (Å²) in [5, 5.41) is 10.8. The summed E-state index contributed by atoms with van der Waals surface area (Å²) in [5.74, 6) is 1.06. The lowest BCUT2D eigenvalue weighted by atomic mass is 10.2. The first-order valence-corrected chi connectivity index (χ1v) is 8.64. The Labute approximate surface area is 136 Å². The fourth-order valence-electron chi connectivity index (χ4n) is 1.94. The predicted molar refractivity (Wildman–Crippen MR) is 86.8 cm³/mol. The van der Waals surface area contributed by atoms with Crippen molar-refractivity contribution in [2.45, 2.75) is 26.3 Å². The van der Waals surface area contributed by atoms with E-state index in [-0.39, 0.29) is 5.91 Å². The number of nitrogens with one attached hydrogen (secondary N) is 1. The van der Waals surface area contributed by atoms with Crippen LogP contribution in [0.3, 0.4) is 0 Å². The number of aromatic nitrogens is 2. The quantitative estimate of drug-likeness (QED) is 0.750. The third kappa shape index (κ3) is 3.61. The average molecular weight is 333 g/mol. The Kier molecular flexibility index (Phi) is 4.65. The molecule has 1 N–H and O–H groups in total. The van der Waals surface area contributed by atoms with E-state index in [1.54, 1.807) is 22.7 Å². The Morgan fingerprint density at radius 3 is 2.95 bits per heavy atom. The minimum atomic E-state index is -0.0105. The molecular weight excluding hydrogens is 318 g/mol. The van der Waals surface area contributed by atoms with E-state index in [1.165, 1.54) is 10.4 Å². The normalized spacial score (nSPS) is 10.8. The van der Waals surface area contributed by atoms with Gasteiger partial charge in [0.25, 0.3) is 0 Å². The van der Waals surface area contributed by atoms with E-state index in [1.807, 2.05) is 29.8 Å². The number of nitrogens with zero attached hydrogens (tertiary/aromatic N) is 2. The molecule has 3 aromatic heterocycles. The smallest absolute Gasteiger partial charge is 0.227 e. The van der Waals surface area contributed by atoms with Gasteiger partial charge < -0.3 is 9.84 Å². The van der Waals surface area contributed by atoms with Crippen LogP contribution in [-0.4, -0.2) is 16.0 Å². The molecular formula is C15H15N3O2S2. The molecule has 7 heteroatoms. The molecule has 0 aliphatic heterocycles. The van der Waals surface area contributed by atoms with Crippen molar-refractivity contribution in [2.24, 2.45) is 0 Å². The minimum Gasteiger partial charge on any atom is -0.351 e. The van der Waals surface area contributed by atoms with Gasteiger partial charge in [0, 0.05) is 17.7 Å². The Balaban J connectivity index is 1.48. The molecule has 0 saturated carbocycles. The van der Waals surface area contributed by atoms with Gasteiger partial charge in [-0.15, -0.1) is 22.7 Å². The molecule has 0 spiro atoms. The Bertz CT molecular complexity index is 747. The first-order chi connectivity index (χ1) is 10.7. The third-order valence-corrected chi connectivity index (χ3v) is 5.08. The highest BCUT2D eigenvalue weighted by atomic mass is 32.1. The van der Waals surface area contributed by atoms with E-state index < -0.39 is 0 Å². The fraction of sp³-hybridized carbons (Fsp3) is 0.267. The highest BCUT2D eigenvalue weighted by molar-refractivity contribution is 7.13. The van der Waals surface area contributed by atoms with Gasteiger partial charge in [0.1, 0.15) is 0 Å². The van der Waals surface area contributed by atoms with Gasteiger partial charge in [-0.3, -0.25) is 4.79 Å². The van der Waals surface area contributed by atoms with Gasteiger partial charge in [0.15, 0.2) is 0 Å². The lowest BCUT2D eigenvalue weighted by Gasteiger charge is -2.03. The van der Waals surface area contributed by atoms with Crippen molar-refractivity contribution in [1.82, 2.24) is 15.5 Å². The number of aryl methyl sites for hydroxylation is 2. The second-order valence-electron chi connectivity index (χ2n) is 4.79. The molecule has 3 heterocycles. The molecule has 0 saturated heterocycles. The van der Waals surface area contributed by atoms with Gasteiger partial charge in [0.05, 0.1) is 11.4 Å². The lowest BCUT2D eigenvalue weighted by molar-refractivity contribution is -0.121. The van der Waals surface area contributed by atoms with Crippen molar-refractivity contribution in [1.29, 1.82) is 0 Å². The summed E-state index contributed by atoms with van der Waals surface area (Å²) >= 11 is 3.21. The van der Waals surface area contributed by atoms with Crippen molar-refractivity contribution < 1.29 is 9.32 Å².